The highest BCUT2D eigenvalue weighted by Gasteiger charge is 2.16. The Morgan fingerprint density at radius 3 is 2.58 bits per heavy atom. The summed E-state index contributed by atoms with van der Waals surface area (Å²) in [5.74, 6) is 0.742. The molecule has 0 atom stereocenters. The van der Waals surface area contributed by atoms with Crippen molar-refractivity contribution in [2.75, 3.05) is 38.1 Å². The third-order valence-corrected chi connectivity index (χ3v) is 4.94. The number of aryl methyl sites for hydroxylation is 1. The molecule has 1 aliphatic rings. The number of benzene rings is 1. The van der Waals surface area contributed by atoms with Gasteiger partial charge in [0.2, 0.25) is 0 Å². The Bertz CT molecular complexity index is 875. The van der Waals surface area contributed by atoms with Crippen molar-refractivity contribution in [2.24, 2.45) is 0 Å². The van der Waals surface area contributed by atoms with Crippen LogP contribution in [0.1, 0.15) is 5.56 Å². The van der Waals surface area contributed by atoms with E-state index in [1.54, 1.807) is 6.07 Å². The van der Waals surface area contributed by atoms with E-state index in [1.165, 1.54) is 6.07 Å². The molecule has 1 N–H and O–H groups in total. The van der Waals surface area contributed by atoms with E-state index < -0.39 is 0 Å². The summed E-state index contributed by atoms with van der Waals surface area (Å²) >= 11 is 0. The predicted molar refractivity (Wildman–Crippen MR) is 102 cm³/mol. The topological polar surface area (TPSA) is 48.1 Å². The summed E-state index contributed by atoms with van der Waals surface area (Å²) in [5.41, 5.74) is 3.80. The largest absolute Gasteiger partial charge is 0.354 e. The van der Waals surface area contributed by atoms with Gasteiger partial charge in [-0.15, -0.1) is 0 Å². The van der Waals surface area contributed by atoms with Crippen LogP contribution < -0.4 is 4.90 Å². The standard InChI is InChI=1S/C20H22FN5/c1-14-4-3-5-16(21)20(14)18-12-17(23-24-18)15-6-7-19(22-13-15)26-10-8-25(2)9-11-26/h3-7,12-13H,8-11H2,1-2H3,(H,23,24). The van der Waals surface area contributed by atoms with Gasteiger partial charge in [-0.25, -0.2) is 9.37 Å². The first-order chi connectivity index (χ1) is 12.6. The summed E-state index contributed by atoms with van der Waals surface area (Å²) in [6.45, 7) is 5.97. The molecule has 0 bridgehead atoms. The lowest BCUT2D eigenvalue weighted by Gasteiger charge is -2.33. The van der Waals surface area contributed by atoms with Crippen molar-refractivity contribution in [1.29, 1.82) is 0 Å². The summed E-state index contributed by atoms with van der Waals surface area (Å²) in [5, 5.41) is 7.30. The van der Waals surface area contributed by atoms with Crippen LogP contribution in [0.25, 0.3) is 22.5 Å². The van der Waals surface area contributed by atoms with Crippen molar-refractivity contribution in [3.8, 4) is 22.5 Å². The molecule has 0 amide bonds. The second kappa shape index (κ2) is 6.88. The van der Waals surface area contributed by atoms with Crippen molar-refractivity contribution in [3.05, 3.63) is 54.0 Å². The van der Waals surface area contributed by atoms with Crippen LogP contribution in [0.4, 0.5) is 10.2 Å². The van der Waals surface area contributed by atoms with Gasteiger partial charge in [-0.05, 0) is 43.8 Å². The molecule has 0 spiro atoms. The van der Waals surface area contributed by atoms with Crippen LogP contribution in [0.2, 0.25) is 0 Å². The fourth-order valence-electron chi connectivity index (χ4n) is 3.33. The Balaban J connectivity index is 1.56. The molecule has 26 heavy (non-hydrogen) atoms. The molecule has 3 heterocycles. The van der Waals surface area contributed by atoms with Crippen molar-refractivity contribution in [2.45, 2.75) is 6.92 Å². The number of hydrogen-bond donors (Lipinski definition) is 1. The molecule has 0 radical (unpaired) electrons. The van der Waals surface area contributed by atoms with Gasteiger partial charge in [0, 0.05) is 43.5 Å². The minimum Gasteiger partial charge on any atom is -0.354 e. The predicted octanol–water partition coefficient (Wildman–Crippen LogP) is 3.34. The molecule has 3 aromatic rings. The monoisotopic (exact) mass is 351 g/mol. The molecule has 0 aliphatic carbocycles. The summed E-state index contributed by atoms with van der Waals surface area (Å²) in [6, 6.07) is 11.0. The molecule has 134 valence electrons. The number of pyridine rings is 1. The Hall–Kier alpha value is -2.73. The average Bonchev–Trinajstić information content (AvgIpc) is 3.12. The SMILES string of the molecule is Cc1cccc(F)c1-c1cc(-c2ccc(N3CCN(C)CC3)nc2)n[nH]1. The van der Waals surface area contributed by atoms with Gasteiger partial charge in [-0.3, -0.25) is 5.10 Å². The lowest BCUT2D eigenvalue weighted by molar-refractivity contribution is 0.312. The van der Waals surface area contributed by atoms with E-state index in [-0.39, 0.29) is 5.82 Å². The van der Waals surface area contributed by atoms with Crippen LogP contribution in [-0.4, -0.2) is 53.3 Å². The van der Waals surface area contributed by atoms with Gasteiger partial charge in [0.25, 0.3) is 0 Å². The number of piperazine rings is 1. The zero-order valence-corrected chi connectivity index (χ0v) is 15.0. The number of rotatable bonds is 3. The van der Waals surface area contributed by atoms with Crippen LogP contribution in [0.15, 0.2) is 42.6 Å². The smallest absolute Gasteiger partial charge is 0.132 e. The number of hydrogen-bond acceptors (Lipinski definition) is 4. The first-order valence-corrected chi connectivity index (χ1v) is 8.82. The molecule has 0 unspecified atom stereocenters. The lowest BCUT2D eigenvalue weighted by Crippen LogP contribution is -2.44. The zero-order valence-electron chi connectivity index (χ0n) is 15.0. The minimum atomic E-state index is -0.247. The zero-order chi connectivity index (χ0) is 18.1. The summed E-state index contributed by atoms with van der Waals surface area (Å²) < 4.78 is 14.2. The highest BCUT2D eigenvalue weighted by atomic mass is 19.1. The van der Waals surface area contributed by atoms with Crippen LogP contribution in [0.5, 0.6) is 0 Å². The van der Waals surface area contributed by atoms with E-state index in [0.29, 0.717) is 11.3 Å². The summed E-state index contributed by atoms with van der Waals surface area (Å²) in [6.07, 6.45) is 1.84. The number of H-pyrrole nitrogens is 1. The molecule has 5 nitrogen and oxygen atoms in total. The Morgan fingerprint density at radius 2 is 1.88 bits per heavy atom. The molecule has 1 fully saturated rings. The van der Waals surface area contributed by atoms with E-state index in [4.69, 9.17) is 0 Å². The van der Waals surface area contributed by atoms with Crippen LogP contribution >= 0.6 is 0 Å². The van der Waals surface area contributed by atoms with Gasteiger partial charge in [-0.2, -0.15) is 5.10 Å². The third-order valence-electron chi connectivity index (χ3n) is 4.94. The first kappa shape index (κ1) is 16.7. The van der Waals surface area contributed by atoms with E-state index in [9.17, 15) is 4.39 Å². The number of aromatic nitrogens is 3. The second-order valence-electron chi connectivity index (χ2n) is 6.79. The molecular weight excluding hydrogens is 329 g/mol. The van der Waals surface area contributed by atoms with Crippen molar-refractivity contribution >= 4 is 5.82 Å². The molecule has 6 heteroatoms. The number of anilines is 1. The normalized spacial score (nSPS) is 15.4. The number of aromatic amines is 1. The summed E-state index contributed by atoms with van der Waals surface area (Å²) in [4.78, 5) is 9.21. The fraction of sp³-hybridized carbons (Fsp3) is 0.300. The molecular formula is C20H22FN5. The van der Waals surface area contributed by atoms with E-state index in [1.807, 2.05) is 37.4 Å². The van der Waals surface area contributed by atoms with E-state index in [2.05, 4.69) is 32.0 Å². The Morgan fingerprint density at radius 1 is 1.08 bits per heavy atom. The molecule has 1 aliphatic heterocycles. The molecule has 1 aromatic carbocycles. The quantitative estimate of drug-likeness (QED) is 0.786. The van der Waals surface area contributed by atoms with Crippen LogP contribution in [0.3, 0.4) is 0 Å². The van der Waals surface area contributed by atoms with E-state index >= 15 is 0 Å². The van der Waals surface area contributed by atoms with Gasteiger partial charge in [0.1, 0.15) is 11.6 Å². The number of nitrogens with one attached hydrogen (secondary N) is 1. The Kier molecular flexibility index (Phi) is 4.42. The fourth-order valence-corrected chi connectivity index (χ4v) is 3.33. The van der Waals surface area contributed by atoms with Gasteiger partial charge < -0.3 is 9.80 Å². The first-order valence-electron chi connectivity index (χ1n) is 8.82. The maximum absolute atomic E-state index is 14.2. The molecule has 2 aromatic heterocycles. The molecule has 4 rings (SSSR count). The van der Waals surface area contributed by atoms with Gasteiger partial charge in [0.05, 0.1) is 11.4 Å². The third kappa shape index (κ3) is 3.20. The van der Waals surface area contributed by atoms with Crippen molar-refractivity contribution in [1.82, 2.24) is 20.1 Å². The van der Waals surface area contributed by atoms with Crippen molar-refractivity contribution in [3.63, 3.8) is 0 Å². The van der Waals surface area contributed by atoms with Gasteiger partial charge >= 0.3 is 0 Å². The maximum Gasteiger partial charge on any atom is 0.132 e. The minimum absolute atomic E-state index is 0.247. The summed E-state index contributed by atoms with van der Waals surface area (Å²) in [7, 11) is 2.14. The van der Waals surface area contributed by atoms with E-state index in [0.717, 1.165) is 48.8 Å². The maximum atomic E-state index is 14.2. The number of likely N-dealkylation sites (N-methyl/N-ethyl adjacent to an activating group) is 1. The highest BCUT2D eigenvalue weighted by molar-refractivity contribution is 5.70. The Labute approximate surface area is 152 Å². The van der Waals surface area contributed by atoms with Crippen LogP contribution in [-0.2, 0) is 0 Å². The van der Waals surface area contributed by atoms with Gasteiger partial charge in [-0.1, -0.05) is 12.1 Å². The second-order valence-corrected chi connectivity index (χ2v) is 6.79. The number of nitrogens with zero attached hydrogens (tertiary/aromatic N) is 4. The highest BCUT2D eigenvalue weighted by Crippen LogP contribution is 2.28. The average molecular weight is 351 g/mol. The van der Waals surface area contributed by atoms with Gasteiger partial charge in [0.15, 0.2) is 0 Å². The van der Waals surface area contributed by atoms with Crippen LogP contribution in [0, 0.1) is 12.7 Å². The number of halogens is 1. The van der Waals surface area contributed by atoms with Crippen molar-refractivity contribution < 1.29 is 4.39 Å². The molecule has 1 saturated heterocycles. The lowest BCUT2D eigenvalue weighted by atomic mass is 10.0. The molecule has 0 saturated carbocycles.